The number of rotatable bonds is 4. The van der Waals surface area contributed by atoms with Gasteiger partial charge in [-0.25, -0.2) is 13.2 Å². The number of benzene rings is 1. The highest BCUT2D eigenvalue weighted by molar-refractivity contribution is 5.94. The van der Waals surface area contributed by atoms with Crippen molar-refractivity contribution >= 4 is 11.6 Å². The maximum Gasteiger partial charge on any atom is 0.241 e. The summed E-state index contributed by atoms with van der Waals surface area (Å²) in [6.07, 6.45) is 1.57. The van der Waals surface area contributed by atoms with Crippen molar-refractivity contribution in [1.29, 1.82) is 0 Å². The van der Waals surface area contributed by atoms with Crippen molar-refractivity contribution in [3.63, 3.8) is 0 Å². The van der Waals surface area contributed by atoms with E-state index in [1.54, 1.807) is 0 Å². The zero-order valence-corrected chi connectivity index (χ0v) is 8.84. The molecule has 0 bridgehead atoms. The Morgan fingerprint density at radius 2 is 1.94 bits per heavy atom. The average Bonchev–Trinajstić information content (AvgIpc) is 2.23. The molecule has 92 valence electrons. The van der Waals surface area contributed by atoms with Crippen LogP contribution in [-0.2, 0) is 4.79 Å². The van der Waals surface area contributed by atoms with E-state index in [2.05, 4.69) is 6.58 Å². The van der Waals surface area contributed by atoms with E-state index < -0.39 is 35.1 Å². The fourth-order valence-corrected chi connectivity index (χ4v) is 1.16. The molecule has 6 heteroatoms. The summed E-state index contributed by atoms with van der Waals surface area (Å²) in [6, 6.07) is -0.0218. The van der Waals surface area contributed by atoms with Crippen LogP contribution < -0.4 is 11.1 Å². The number of amides is 1. The van der Waals surface area contributed by atoms with Gasteiger partial charge in [-0.2, -0.15) is 0 Å². The van der Waals surface area contributed by atoms with Gasteiger partial charge in [-0.3, -0.25) is 4.79 Å². The first-order valence-electron chi connectivity index (χ1n) is 4.77. The average molecular weight is 244 g/mol. The summed E-state index contributed by atoms with van der Waals surface area (Å²) < 4.78 is 38.9. The van der Waals surface area contributed by atoms with Crippen LogP contribution in [0.25, 0.3) is 0 Å². The van der Waals surface area contributed by atoms with Crippen LogP contribution in [0.15, 0.2) is 24.8 Å². The fourth-order valence-electron chi connectivity index (χ4n) is 1.16. The van der Waals surface area contributed by atoms with Crippen molar-refractivity contribution < 1.29 is 18.0 Å². The lowest BCUT2D eigenvalue weighted by Crippen LogP contribution is -2.35. The quantitative estimate of drug-likeness (QED) is 0.795. The molecule has 0 aliphatic carbocycles. The molecule has 0 fully saturated rings. The van der Waals surface area contributed by atoms with Crippen LogP contribution in [0.4, 0.5) is 18.9 Å². The van der Waals surface area contributed by atoms with Crippen molar-refractivity contribution in [2.24, 2.45) is 5.73 Å². The maximum absolute atomic E-state index is 13.2. The molecule has 17 heavy (non-hydrogen) atoms. The lowest BCUT2D eigenvalue weighted by molar-refractivity contribution is -0.117. The van der Waals surface area contributed by atoms with Gasteiger partial charge < -0.3 is 11.1 Å². The van der Waals surface area contributed by atoms with Gasteiger partial charge in [0.1, 0.15) is 11.5 Å². The highest BCUT2D eigenvalue weighted by Crippen LogP contribution is 2.20. The number of carbonyl (C=O) groups is 1. The minimum Gasteiger partial charge on any atom is -0.320 e. The molecule has 1 unspecified atom stereocenters. The molecule has 3 N–H and O–H groups in total. The van der Waals surface area contributed by atoms with Gasteiger partial charge in [0.15, 0.2) is 11.6 Å². The van der Waals surface area contributed by atoms with Crippen molar-refractivity contribution in [1.82, 2.24) is 0 Å². The van der Waals surface area contributed by atoms with Crippen LogP contribution in [0.5, 0.6) is 0 Å². The van der Waals surface area contributed by atoms with E-state index in [0.717, 1.165) is 0 Å². The number of nitrogens with two attached hydrogens (primary N) is 1. The molecule has 0 aromatic heterocycles. The van der Waals surface area contributed by atoms with E-state index in [0.29, 0.717) is 12.1 Å². The normalized spacial score (nSPS) is 12.0. The second kappa shape index (κ2) is 5.49. The van der Waals surface area contributed by atoms with E-state index in [1.807, 2.05) is 5.32 Å². The topological polar surface area (TPSA) is 55.1 Å². The molecule has 1 rings (SSSR count). The molecule has 0 aliphatic rings. The number of anilines is 1. The molecule has 0 aliphatic heterocycles. The second-order valence-corrected chi connectivity index (χ2v) is 3.36. The van der Waals surface area contributed by atoms with Crippen LogP contribution in [-0.4, -0.2) is 11.9 Å². The zero-order valence-electron chi connectivity index (χ0n) is 8.84. The van der Waals surface area contributed by atoms with Crippen LogP contribution in [0.2, 0.25) is 0 Å². The van der Waals surface area contributed by atoms with E-state index in [-0.39, 0.29) is 6.42 Å². The number of nitrogens with one attached hydrogen (secondary N) is 1. The first kappa shape index (κ1) is 13.2. The monoisotopic (exact) mass is 244 g/mol. The molecule has 0 spiro atoms. The van der Waals surface area contributed by atoms with Crippen LogP contribution in [0.3, 0.4) is 0 Å². The number of carbonyl (C=O) groups excluding carboxylic acids is 1. The predicted molar refractivity (Wildman–Crippen MR) is 57.7 cm³/mol. The van der Waals surface area contributed by atoms with Gasteiger partial charge in [0.2, 0.25) is 5.91 Å². The number of halogens is 3. The maximum atomic E-state index is 13.2. The summed E-state index contributed by atoms with van der Waals surface area (Å²) in [5.74, 6) is -4.22. The van der Waals surface area contributed by atoms with Gasteiger partial charge in [0, 0.05) is 12.1 Å². The smallest absolute Gasteiger partial charge is 0.241 e. The van der Waals surface area contributed by atoms with Crippen molar-refractivity contribution in [3.05, 3.63) is 42.2 Å². The highest BCUT2D eigenvalue weighted by Gasteiger charge is 2.17. The molecule has 1 aromatic carbocycles. The third-order valence-electron chi connectivity index (χ3n) is 2.01. The standard InChI is InChI=1S/C11H11F3N2O/c1-2-3-9(15)11(17)16-10-7(13)4-6(12)5-8(10)14/h2,4-5,9H,1,3,15H2,(H,16,17). The van der Waals surface area contributed by atoms with Gasteiger partial charge in [-0.1, -0.05) is 6.08 Å². The molecule has 1 aromatic rings. The summed E-state index contributed by atoms with van der Waals surface area (Å²) in [4.78, 5) is 11.4. The van der Waals surface area contributed by atoms with E-state index in [4.69, 9.17) is 5.73 Å². The number of hydrogen-bond donors (Lipinski definition) is 2. The lowest BCUT2D eigenvalue weighted by Gasteiger charge is -2.11. The summed E-state index contributed by atoms with van der Waals surface area (Å²) in [5.41, 5.74) is 4.69. The van der Waals surface area contributed by atoms with E-state index in [1.165, 1.54) is 6.08 Å². The summed E-state index contributed by atoms with van der Waals surface area (Å²) in [5, 5.41) is 1.96. The molecule has 0 saturated carbocycles. The fraction of sp³-hybridized carbons (Fsp3) is 0.182. The number of hydrogen-bond acceptors (Lipinski definition) is 2. The Labute approximate surface area is 96.1 Å². The minimum atomic E-state index is -1.19. The Morgan fingerprint density at radius 1 is 1.41 bits per heavy atom. The summed E-state index contributed by atoms with van der Waals surface area (Å²) in [7, 11) is 0. The molecule has 3 nitrogen and oxygen atoms in total. The first-order valence-corrected chi connectivity index (χ1v) is 4.77. The van der Waals surface area contributed by atoms with Crippen molar-refractivity contribution in [3.8, 4) is 0 Å². The third-order valence-corrected chi connectivity index (χ3v) is 2.01. The molecule has 1 amide bonds. The molecule has 1 atom stereocenters. The van der Waals surface area contributed by atoms with Gasteiger partial charge in [0.25, 0.3) is 0 Å². The Hall–Kier alpha value is -1.82. The van der Waals surface area contributed by atoms with Gasteiger partial charge in [-0.05, 0) is 6.42 Å². The Bertz CT molecular complexity index is 425. The summed E-state index contributed by atoms with van der Waals surface area (Å²) in [6.45, 7) is 3.38. The molecular formula is C11H11F3N2O. The summed E-state index contributed by atoms with van der Waals surface area (Å²) >= 11 is 0. The van der Waals surface area contributed by atoms with Gasteiger partial charge in [-0.15, -0.1) is 6.58 Å². The Kier molecular flexibility index (Phi) is 4.28. The van der Waals surface area contributed by atoms with Crippen molar-refractivity contribution in [2.45, 2.75) is 12.5 Å². The molecular weight excluding hydrogens is 233 g/mol. The Balaban J connectivity index is 2.88. The van der Waals surface area contributed by atoms with Crippen LogP contribution in [0.1, 0.15) is 6.42 Å². The second-order valence-electron chi connectivity index (χ2n) is 3.36. The zero-order chi connectivity index (χ0) is 13.0. The predicted octanol–water partition coefficient (Wildman–Crippen LogP) is 1.95. The van der Waals surface area contributed by atoms with Crippen molar-refractivity contribution in [2.75, 3.05) is 5.32 Å². The van der Waals surface area contributed by atoms with Crippen LogP contribution in [0, 0.1) is 17.5 Å². The minimum absolute atomic E-state index is 0.163. The highest BCUT2D eigenvalue weighted by atomic mass is 19.1. The van der Waals surface area contributed by atoms with Gasteiger partial charge in [0.05, 0.1) is 6.04 Å². The van der Waals surface area contributed by atoms with Gasteiger partial charge >= 0.3 is 0 Å². The Morgan fingerprint density at radius 3 is 2.41 bits per heavy atom. The molecule has 0 radical (unpaired) electrons. The van der Waals surface area contributed by atoms with E-state index >= 15 is 0 Å². The SMILES string of the molecule is C=CCC(N)C(=O)Nc1c(F)cc(F)cc1F. The molecule has 0 saturated heterocycles. The first-order chi connectivity index (χ1) is 7.95. The molecule has 0 heterocycles. The van der Waals surface area contributed by atoms with E-state index in [9.17, 15) is 18.0 Å². The largest absolute Gasteiger partial charge is 0.320 e. The third kappa shape index (κ3) is 3.32. The van der Waals surface area contributed by atoms with Crippen LogP contribution >= 0.6 is 0 Å². The lowest BCUT2D eigenvalue weighted by atomic mass is 10.2.